The van der Waals surface area contributed by atoms with Crippen molar-refractivity contribution in [3.05, 3.63) is 11.2 Å². The van der Waals surface area contributed by atoms with Gasteiger partial charge in [0.2, 0.25) is 5.95 Å². The Labute approximate surface area is 108 Å². The van der Waals surface area contributed by atoms with Gasteiger partial charge in [-0.15, -0.1) is 0 Å². The quantitative estimate of drug-likeness (QED) is 0.880. The Balaban J connectivity index is 1.90. The molecule has 88 valence electrons. The van der Waals surface area contributed by atoms with E-state index in [1.54, 1.807) is 0 Å². The lowest BCUT2D eigenvalue weighted by atomic mass is 10.4. The number of hydrogen-bond donors (Lipinski definition) is 2. The maximum atomic E-state index is 5.96. The van der Waals surface area contributed by atoms with Crippen molar-refractivity contribution in [3.63, 3.8) is 0 Å². The molecule has 0 saturated carbocycles. The molecule has 7 heteroatoms. The second kappa shape index (κ2) is 5.84. The average molecular weight is 277 g/mol. The molecule has 1 aromatic heterocycles. The van der Waals surface area contributed by atoms with Crippen molar-refractivity contribution in [2.75, 3.05) is 34.9 Å². The van der Waals surface area contributed by atoms with Crippen LogP contribution in [0, 0.1) is 0 Å². The van der Waals surface area contributed by atoms with E-state index in [1.165, 1.54) is 23.5 Å². The summed E-state index contributed by atoms with van der Waals surface area (Å²) >= 11 is 9.94. The highest BCUT2D eigenvalue weighted by atomic mass is 35.5. The summed E-state index contributed by atoms with van der Waals surface area (Å²) in [5, 5.41) is 4.36. The summed E-state index contributed by atoms with van der Waals surface area (Å²) < 4.78 is 0. The summed E-state index contributed by atoms with van der Waals surface area (Å²) in [6.07, 6.45) is 1.52. The summed E-state index contributed by atoms with van der Waals surface area (Å²) in [4.78, 5) is 7.88. The molecule has 3 N–H and O–H groups in total. The van der Waals surface area contributed by atoms with E-state index in [4.69, 9.17) is 17.3 Å². The number of nitrogens with zero attached hydrogens (tertiary/aromatic N) is 2. The topological polar surface area (TPSA) is 63.8 Å². The molecule has 0 spiro atoms. The van der Waals surface area contributed by atoms with Crippen LogP contribution in [0.1, 0.15) is 0 Å². The third-order valence-corrected chi connectivity index (χ3v) is 5.27. The molecule has 1 unspecified atom stereocenters. The number of nitrogen functional groups attached to an aromatic ring is 1. The molecule has 2 rings (SSSR count). The molecule has 4 nitrogen and oxygen atoms in total. The molecule has 1 aliphatic heterocycles. The first-order valence-electron chi connectivity index (χ1n) is 4.97. The molecule has 0 bridgehead atoms. The largest absolute Gasteiger partial charge is 0.368 e. The van der Waals surface area contributed by atoms with Crippen molar-refractivity contribution >= 4 is 46.9 Å². The van der Waals surface area contributed by atoms with Crippen LogP contribution in [0.4, 0.5) is 11.8 Å². The first-order chi connectivity index (χ1) is 7.75. The summed E-state index contributed by atoms with van der Waals surface area (Å²) in [5.41, 5.74) is 5.51. The fourth-order valence-electron chi connectivity index (χ4n) is 1.37. The predicted molar refractivity (Wildman–Crippen MR) is 73.5 cm³/mol. The monoisotopic (exact) mass is 276 g/mol. The first kappa shape index (κ1) is 12.1. The summed E-state index contributed by atoms with van der Waals surface area (Å²) in [6.45, 7) is 0.869. The molecular weight excluding hydrogens is 264 g/mol. The highest BCUT2D eigenvalue weighted by Gasteiger charge is 2.14. The zero-order chi connectivity index (χ0) is 11.4. The average Bonchev–Trinajstić information content (AvgIpc) is 2.32. The summed E-state index contributed by atoms with van der Waals surface area (Å²) in [6, 6.07) is 0. The second-order valence-electron chi connectivity index (χ2n) is 3.37. The van der Waals surface area contributed by atoms with Crippen molar-refractivity contribution in [2.24, 2.45) is 0 Å². The van der Waals surface area contributed by atoms with E-state index in [2.05, 4.69) is 15.3 Å². The van der Waals surface area contributed by atoms with Gasteiger partial charge in [0.1, 0.15) is 5.02 Å². The molecule has 0 radical (unpaired) electrons. The van der Waals surface area contributed by atoms with Crippen LogP contribution in [0.25, 0.3) is 0 Å². The molecule has 16 heavy (non-hydrogen) atoms. The van der Waals surface area contributed by atoms with Gasteiger partial charge in [-0.1, -0.05) is 11.6 Å². The van der Waals surface area contributed by atoms with Crippen LogP contribution in [0.5, 0.6) is 0 Å². The van der Waals surface area contributed by atoms with Crippen molar-refractivity contribution in [2.45, 2.75) is 5.25 Å². The first-order valence-corrected chi connectivity index (χ1v) is 7.55. The van der Waals surface area contributed by atoms with Gasteiger partial charge >= 0.3 is 0 Å². The Bertz CT molecular complexity index is 357. The van der Waals surface area contributed by atoms with Crippen molar-refractivity contribution in [1.29, 1.82) is 0 Å². The van der Waals surface area contributed by atoms with E-state index in [0.29, 0.717) is 16.1 Å². The minimum Gasteiger partial charge on any atom is -0.368 e. The van der Waals surface area contributed by atoms with Gasteiger partial charge in [0.05, 0.1) is 6.20 Å². The minimum absolute atomic E-state index is 0.248. The van der Waals surface area contributed by atoms with Crippen LogP contribution >= 0.6 is 35.1 Å². The van der Waals surface area contributed by atoms with Gasteiger partial charge in [-0.05, 0) is 0 Å². The zero-order valence-corrected chi connectivity index (χ0v) is 11.0. The van der Waals surface area contributed by atoms with Gasteiger partial charge in [-0.2, -0.15) is 28.5 Å². The normalized spacial score (nSPS) is 20.7. The third kappa shape index (κ3) is 3.33. The lowest BCUT2D eigenvalue weighted by molar-refractivity contribution is 0.989. The number of hydrogen-bond acceptors (Lipinski definition) is 6. The van der Waals surface area contributed by atoms with E-state index in [0.717, 1.165) is 6.54 Å². The highest BCUT2D eigenvalue weighted by molar-refractivity contribution is 8.06. The lowest BCUT2D eigenvalue weighted by Crippen LogP contribution is -2.23. The molecule has 1 saturated heterocycles. The Morgan fingerprint density at radius 2 is 2.44 bits per heavy atom. The van der Waals surface area contributed by atoms with Gasteiger partial charge < -0.3 is 11.1 Å². The van der Waals surface area contributed by atoms with E-state index in [1.807, 2.05) is 23.5 Å². The second-order valence-corrected chi connectivity index (χ2v) is 6.34. The van der Waals surface area contributed by atoms with Crippen LogP contribution < -0.4 is 11.1 Å². The molecular formula is C9H13ClN4S2. The van der Waals surface area contributed by atoms with Crippen LogP contribution in [0.3, 0.4) is 0 Å². The zero-order valence-electron chi connectivity index (χ0n) is 8.65. The Morgan fingerprint density at radius 3 is 3.19 bits per heavy atom. The molecule has 0 aromatic carbocycles. The summed E-state index contributed by atoms with van der Waals surface area (Å²) in [7, 11) is 0. The Hall–Kier alpha value is -0.330. The Morgan fingerprint density at radius 1 is 1.56 bits per heavy atom. The number of halogens is 1. The molecule has 1 aromatic rings. The number of nitrogens with two attached hydrogens (primary N) is 1. The van der Waals surface area contributed by atoms with Crippen molar-refractivity contribution in [3.8, 4) is 0 Å². The Kier molecular flexibility index (Phi) is 4.43. The fourth-order valence-corrected chi connectivity index (χ4v) is 4.14. The van der Waals surface area contributed by atoms with Crippen molar-refractivity contribution < 1.29 is 0 Å². The highest BCUT2D eigenvalue weighted by Crippen LogP contribution is 2.25. The number of aromatic nitrogens is 2. The van der Waals surface area contributed by atoms with Gasteiger partial charge in [-0.3, -0.25) is 0 Å². The van der Waals surface area contributed by atoms with Gasteiger partial charge in [0, 0.05) is 29.1 Å². The van der Waals surface area contributed by atoms with Gasteiger partial charge in [-0.25, -0.2) is 4.98 Å². The minimum atomic E-state index is 0.248. The number of rotatable bonds is 3. The van der Waals surface area contributed by atoms with E-state index in [-0.39, 0.29) is 5.95 Å². The molecule has 0 aliphatic carbocycles. The van der Waals surface area contributed by atoms with Crippen LogP contribution in [-0.2, 0) is 0 Å². The number of anilines is 2. The third-order valence-electron chi connectivity index (χ3n) is 2.14. The molecule has 0 amide bonds. The standard InChI is InChI=1S/C9H13ClN4S2/c10-7-4-13-9(11)14-8(7)12-3-6-5-15-1-2-16-6/h4,6H,1-3,5H2,(H3,11,12,13,14). The van der Waals surface area contributed by atoms with Crippen LogP contribution in [0.2, 0.25) is 5.02 Å². The SMILES string of the molecule is Nc1ncc(Cl)c(NCC2CSCCS2)n1. The molecule has 1 fully saturated rings. The smallest absolute Gasteiger partial charge is 0.222 e. The van der Waals surface area contributed by atoms with Crippen molar-refractivity contribution in [1.82, 2.24) is 9.97 Å². The maximum absolute atomic E-state index is 5.96. The van der Waals surface area contributed by atoms with E-state index >= 15 is 0 Å². The van der Waals surface area contributed by atoms with E-state index in [9.17, 15) is 0 Å². The van der Waals surface area contributed by atoms with Crippen LogP contribution in [-0.4, -0.2) is 39.0 Å². The van der Waals surface area contributed by atoms with E-state index < -0.39 is 0 Å². The fraction of sp³-hybridized carbons (Fsp3) is 0.556. The molecule has 2 heterocycles. The predicted octanol–water partition coefficient (Wildman–Crippen LogP) is 1.97. The lowest BCUT2D eigenvalue weighted by Gasteiger charge is -2.21. The van der Waals surface area contributed by atoms with Gasteiger partial charge in [0.15, 0.2) is 5.82 Å². The molecule has 1 atom stereocenters. The maximum Gasteiger partial charge on any atom is 0.222 e. The number of nitrogens with one attached hydrogen (secondary N) is 1. The number of thioether (sulfide) groups is 2. The summed E-state index contributed by atoms with van der Waals surface area (Å²) in [5.74, 6) is 4.53. The van der Waals surface area contributed by atoms with Gasteiger partial charge in [0.25, 0.3) is 0 Å². The molecule has 1 aliphatic rings. The van der Waals surface area contributed by atoms with Crippen LogP contribution in [0.15, 0.2) is 6.20 Å².